The van der Waals surface area contributed by atoms with Crippen LogP contribution in [0.4, 0.5) is 4.39 Å². The first-order valence-electron chi connectivity index (χ1n) is 4.73. The van der Waals surface area contributed by atoms with Crippen molar-refractivity contribution in [2.45, 2.75) is 12.8 Å². The van der Waals surface area contributed by atoms with Crippen LogP contribution in [0, 0.1) is 17.1 Å². The minimum absolute atomic E-state index is 0.0997. The Hall–Kier alpha value is -2.15. The fourth-order valence-corrected chi connectivity index (χ4v) is 1.27. The van der Waals surface area contributed by atoms with E-state index in [4.69, 9.17) is 11.0 Å². The third-order valence-corrected chi connectivity index (χ3v) is 1.99. The molecule has 4 heteroatoms. The molecule has 0 bridgehead atoms. The molecule has 0 spiro atoms. The molecule has 3 nitrogen and oxygen atoms in total. The molecule has 16 heavy (non-hydrogen) atoms. The van der Waals surface area contributed by atoms with Gasteiger partial charge in [-0.15, -0.1) is 0 Å². The summed E-state index contributed by atoms with van der Waals surface area (Å²) in [5.74, 6) is -0.824. The largest absolute Gasteiger partial charge is 0.369 e. The molecule has 0 aliphatic rings. The molecule has 0 aliphatic heterocycles. The monoisotopic (exact) mass is 218 g/mol. The van der Waals surface area contributed by atoms with Gasteiger partial charge in [0.05, 0.1) is 12.5 Å². The van der Waals surface area contributed by atoms with Gasteiger partial charge in [0.25, 0.3) is 0 Å². The highest BCUT2D eigenvalue weighted by molar-refractivity contribution is 5.76. The number of primary amides is 1. The van der Waals surface area contributed by atoms with Crippen LogP contribution in [-0.2, 0) is 11.2 Å². The second-order valence-corrected chi connectivity index (χ2v) is 3.25. The standard InChI is InChI=1S/C12H11FN2O/c13-11-5-4-9(6-7-14)10(8-11)2-1-3-12(15)16/h1-2,4-5,8H,3,6H2,(H2,15,16). The Labute approximate surface area is 93.0 Å². The molecule has 1 amide bonds. The maximum absolute atomic E-state index is 13.0. The van der Waals surface area contributed by atoms with Gasteiger partial charge in [0, 0.05) is 6.42 Å². The van der Waals surface area contributed by atoms with Crippen molar-refractivity contribution in [3.63, 3.8) is 0 Å². The molecule has 2 N–H and O–H groups in total. The first kappa shape index (κ1) is 11.9. The predicted molar refractivity (Wildman–Crippen MR) is 58.6 cm³/mol. The van der Waals surface area contributed by atoms with Crippen molar-refractivity contribution >= 4 is 12.0 Å². The van der Waals surface area contributed by atoms with E-state index in [0.717, 1.165) is 5.56 Å². The van der Waals surface area contributed by atoms with Gasteiger partial charge in [-0.05, 0) is 23.3 Å². The molecule has 0 atom stereocenters. The second kappa shape index (κ2) is 5.66. The van der Waals surface area contributed by atoms with Crippen molar-refractivity contribution < 1.29 is 9.18 Å². The SMILES string of the molecule is N#CCc1ccc(F)cc1C=CCC(N)=O. The summed E-state index contributed by atoms with van der Waals surface area (Å²) in [7, 11) is 0. The number of hydrogen-bond donors (Lipinski definition) is 1. The average Bonchev–Trinajstić information content (AvgIpc) is 2.21. The van der Waals surface area contributed by atoms with Crippen LogP contribution in [0.15, 0.2) is 24.3 Å². The highest BCUT2D eigenvalue weighted by Crippen LogP contribution is 2.14. The fraction of sp³-hybridized carbons (Fsp3) is 0.167. The molecule has 1 aromatic rings. The summed E-state index contributed by atoms with van der Waals surface area (Å²) >= 11 is 0. The fourth-order valence-electron chi connectivity index (χ4n) is 1.27. The maximum atomic E-state index is 13.0. The highest BCUT2D eigenvalue weighted by atomic mass is 19.1. The van der Waals surface area contributed by atoms with Crippen LogP contribution < -0.4 is 5.73 Å². The number of carbonyl (C=O) groups excluding carboxylic acids is 1. The van der Waals surface area contributed by atoms with Gasteiger partial charge in [0.2, 0.25) is 5.91 Å². The van der Waals surface area contributed by atoms with Gasteiger partial charge in [0.15, 0.2) is 0 Å². The van der Waals surface area contributed by atoms with Crippen molar-refractivity contribution in [1.82, 2.24) is 0 Å². The zero-order chi connectivity index (χ0) is 12.0. The van der Waals surface area contributed by atoms with E-state index in [9.17, 15) is 9.18 Å². The minimum atomic E-state index is -0.450. The Bertz CT molecular complexity index is 461. The third-order valence-electron chi connectivity index (χ3n) is 1.99. The lowest BCUT2D eigenvalue weighted by Gasteiger charge is -2.01. The zero-order valence-electron chi connectivity index (χ0n) is 8.61. The number of benzene rings is 1. The van der Waals surface area contributed by atoms with Crippen molar-refractivity contribution in [1.29, 1.82) is 5.26 Å². The van der Waals surface area contributed by atoms with Gasteiger partial charge in [-0.1, -0.05) is 18.2 Å². The lowest BCUT2D eigenvalue weighted by atomic mass is 10.0. The number of rotatable bonds is 4. The number of nitrogens with two attached hydrogens (primary N) is 1. The first-order chi connectivity index (χ1) is 7.63. The smallest absolute Gasteiger partial charge is 0.221 e. The lowest BCUT2D eigenvalue weighted by Crippen LogP contribution is -2.07. The Balaban J connectivity index is 2.92. The molecule has 0 saturated heterocycles. The van der Waals surface area contributed by atoms with Gasteiger partial charge < -0.3 is 5.73 Å². The number of carbonyl (C=O) groups is 1. The van der Waals surface area contributed by atoms with Gasteiger partial charge >= 0.3 is 0 Å². The first-order valence-corrected chi connectivity index (χ1v) is 4.73. The van der Waals surface area contributed by atoms with Crippen LogP contribution in [0.1, 0.15) is 17.5 Å². The average molecular weight is 218 g/mol. The van der Waals surface area contributed by atoms with Crippen LogP contribution in [0.25, 0.3) is 6.08 Å². The van der Waals surface area contributed by atoms with Crippen molar-refractivity contribution in [2.24, 2.45) is 5.73 Å². The normalized spacial score (nSPS) is 10.2. The summed E-state index contributed by atoms with van der Waals surface area (Å²) < 4.78 is 13.0. The quantitative estimate of drug-likeness (QED) is 0.837. The minimum Gasteiger partial charge on any atom is -0.369 e. The maximum Gasteiger partial charge on any atom is 0.221 e. The Morgan fingerprint density at radius 2 is 2.31 bits per heavy atom. The van der Waals surface area contributed by atoms with E-state index in [1.165, 1.54) is 12.1 Å². The molecular formula is C12H11FN2O. The van der Waals surface area contributed by atoms with Gasteiger partial charge in [-0.3, -0.25) is 4.79 Å². The zero-order valence-corrected chi connectivity index (χ0v) is 8.61. The van der Waals surface area contributed by atoms with E-state index in [0.29, 0.717) is 5.56 Å². The molecular weight excluding hydrogens is 207 g/mol. The Kier molecular flexibility index (Phi) is 4.22. The molecule has 1 rings (SSSR count). The number of nitriles is 1. The van der Waals surface area contributed by atoms with E-state index in [2.05, 4.69) is 0 Å². The van der Waals surface area contributed by atoms with E-state index in [1.54, 1.807) is 18.2 Å². The molecule has 0 unspecified atom stereocenters. The molecule has 0 fully saturated rings. The molecule has 0 heterocycles. The molecule has 0 radical (unpaired) electrons. The summed E-state index contributed by atoms with van der Waals surface area (Å²) in [5, 5.41) is 8.59. The van der Waals surface area contributed by atoms with Gasteiger partial charge in [-0.2, -0.15) is 5.26 Å². The van der Waals surface area contributed by atoms with Crippen LogP contribution in [-0.4, -0.2) is 5.91 Å². The molecule has 0 aliphatic carbocycles. The summed E-state index contributed by atoms with van der Waals surface area (Å²) in [6, 6.07) is 6.18. The summed E-state index contributed by atoms with van der Waals surface area (Å²) in [6.45, 7) is 0. The highest BCUT2D eigenvalue weighted by Gasteiger charge is 2.01. The van der Waals surface area contributed by atoms with Crippen molar-refractivity contribution in [2.75, 3.05) is 0 Å². The second-order valence-electron chi connectivity index (χ2n) is 3.25. The van der Waals surface area contributed by atoms with Crippen molar-refractivity contribution in [3.8, 4) is 6.07 Å². The van der Waals surface area contributed by atoms with Crippen LogP contribution in [0.2, 0.25) is 0 Å². The summed E-state index contributed by atoms with van der Waals surface area (Å²) in [5.41, 5.74) is 6.29. The predicted octanol–water partition coefficient (Wildman–Crippen LogP) is 1.78. The molecule has 0 saturated carbocycles. The molecule has 1 aromatic carbocycles. The lowest BCUT2D eigenvalue weighted by molar-refractivity contribution is -0.117. The van der Waals surface area contributed by atoms with Gasteiger partial charge in [-0.25, -0.2) is 4.39 Å². The van der Waals surface area contributed by atoms with E-state index < -0.39 is 5.91 Å². The molecule has 0 aromatic heterocycles. The van der Waals surface area contributed by atoms with E-state index in [1.807, 2.05) is 6.07 Å². The van der Waals surface area contributed by atoms with Crippen LogP contribution >= 0.6 is 0 Å². The topological polar surface area (TPSA) is 66.9 Å². The number of hydrogen-bond acceptors (Lipinski definition) is 2. The third kappa shape index (κ3) is 3.54. The summed E-state index contributed by atoms with van der Waals surface area (Å²) in [6.07, 6.45) is 3.46. The van der Waals surface area contributed by atoms with Crippen molar-refractivity contribution in [3.05, 3.63) is 41.2 Å². The van der Waals surface area contributed by atoms with Crippen LogP contribution in [0.5, 0.6) is 0 Å². The van der Waals surface area contributed by atoms with E-state index in [-0.39, 0.29) is 18.7 Å². The Morgan fingerprint density at radius 1 is 1.56 bits per heavy atom. The van der Waals surface area contributed by atoms with E-state index >= 15 is 0 Å². The molecule has 82 valence electrons. The number of halogens is 1. The summed E-state index contributed by atoms with van der Waals surface area (Å²) in [4.78, 5) is 10.5. The number of amides is 1. The van der Waals surface area contributed by atoms with Gasteiger partial charge in [0.1, 0.15) is 5.82 Å². The van der Waals surface area contributed by atoms with Crippen LogP contribution in [0.3, 0.4) is 0 Å². The number of nitrogens with zero attached hydrogens (tertiary/aromatic N) is 1. The Morgan fingerprint density at radius 3 is 2.94 bits per heavy atom.